The van der Waals surface area contributed by atoms with Crippen LogP contribution < -0.4 is 0 Å². The van der Waals surface area contributed by atoms with Gasteiger partial charge in [0.2, 0.25) is 0 Å². The van der Waals surface area contributed by atoms with Crippen LogP contribution >= 0.6 is 12.2 Å². The number of hydrogen-bond donors (Lipinski definition) is 1. The van der Waals surface area contributed by atoms with Gasteiger partial charge in [0.1, 0.15) is 0 Å². The molecule has 0 radical (unpaired) electrons. The predicted molar refractivity (Wildman–Crippen MR) is 86.4 cm³/mol. The number of rotatable bonds is 2. The molecule has 1 aromatic heterocycles. The molecule has 1 aromatic carbocycles. The zero-order chi connectivity index (χ0) is 14.1. The van der Waals surface area contributed by atoms with E-state index in [2.05, 4.69) is 52.6 Å². The molecule has 1 N–H and O–H groups in total. The highest BCUT2D eigenvalue weighted by molar-refractivity contribution is 7.71. The molecule has 2 aromatic rings. The Morgan fingerprint density at radius 2 is 2.20 bits per heavy atom. The van der Waals surface area contributed by atoms with Gasteiger partial charge in [-0.1, -0.05) is 23.8 Å². The summed E-state index contributed by atoms with van der Waals surface area (Å²) in [6.45, 7) is 8.47. The first-order valence-electron chi connectivity index (χ1n) is 7.21. The van der Waals surface area contributed by atoms with Gasteiger partial charge in [0.05, 0.1) is 11.0 Å². The number of nitrogens with one attached hydrogen (secondary N) is 1. The van der Waals surface area contributed by atoms with Crippen molar-refractivity contribution in [2.45, 2.75) is 33.4 Å². The van der Waals surface area contributed by atoms with Crippen LogP contribution in [0.15, 0.2) is 29.8 Å². The van der Waals surface area contributed by atoms with Gasteiger partial charge in [0.25, 0.3) is 0 Å². The van der Waals surface area contributed by atoms with Crippen molar-refractivity contribution in [1.82, 2.24) is 14.5 Å². The Bertz CT molecular complexity index is 704. The zero-order valence-corrected chi connectivity index (χ0v) is 13.0. The minimum absolute atomic E-state index is 0.852. The van der Waals surface area contributed by atoms with Gasteiger partial charge in [-0.3, -0.25) is 4.90 Å². The first-order chi connectivity index (χ1) is 9.65. The maximum absolute atomic E-state index is 5.45. The van der Waals surface area contributed by atoms with Gasteiger partial charge in [-0.05, 0) is 44.1 Å². The molecule has 1 aliphatic heterocycles. The van der Waals surface area contributed by atoms with Crippen LogP contribution in [0, 0.1) is 4.77 Å². The summed E-state index contributed by atoms with van der Waals surface area (Å²) in [7, 11) is 0. The summed E-state index contributed by atoms with van der Waals surface area (Å²) in [5.74, 6) is 0. The number of H-pyrrole nitrogens is 1. The van der Waals surface area contributed by atoms with Crippen LogP contribution in [-0.2, 0) is 13.1 Å². The minimum atomic E-state index is 0.852. The minimum Gasteiger partial charge on any atom is -0.331 e. The molecular weight excluding hydrogens is 266 g/mol. The van der Waals surface area contributed by atoms with Crippen LogP contribution in [-0.4, -0.2) is 27.5 Å². The van der Waals surface area contributed by atoms with Crippen LogP contribution in [0.2, 0.25) is 0 Å². The van der Waals surface area contributed by atoms with Crippen LogP contribution in [0.4, 0.5) is 0 Å². The van der Waals surface area contributed by atoms with E-state index in [9.17, 15) is 0 Å². The maximum Gasteiger partial charge on any atom is 0.178 e. The first kappa shape index (κ1) is 13.6. The molecule has 0 spiro atoms. The lowest BCUT2D eigenvalue weighted by Gasteiger charge is -2.24. The second kappa shape index (κ2) is 5.54. The predicted octanol–water partition coefficient (Wildman–Crippen LogP) is 3.87. The van der Waals surface area contributed by atoms with Crippen molar-refractivity contribution in [3.8, 4) is 0 Å². The van der Waals surface area contributed by atoms with E-state index >= 15 is 0 Å². The molecule has 0 unspecified atom stereocenters. The number of aromatic amines is 1. The zero-order valence-electron chi connectivity index (χ0n) is 12.1. The number of benzene rings is 1. The van der Waals surface area contributed by atoms with E-state index in [1.165, 1.54) is 16.7 Å². The lowest BCUT2D eigenvalue weighted by Crippen LogP contribution is -2.27. The van der Waals surface area contributed by atoms with E-state index in [1.54, 1.807) is 0 Å². The molecular formula is C16H21N3S. The summed E-state index contributed by atoms with van der Waals surface area (Å²) < 4.78 is 3.11. The van der Waals surface area contributed by atoms with Crippen molar-refractivity contribution in [2.24, 2.45) is 0 Å². The van der Waals surface area contributed by atoms with Crippen molar-refractivity contribution in [1.29, 1.82) is 0 Å². The van der Waals surface area contributed by atoms with Crippen molar-refractivity contribution in [2.75, 3.05) is 13.1 Å². The molecule has 0 aliphatic carbocycles. The molecule has 106 valence electrons. The van der Waals surface area contributed by atoms with Crippen LogP contribution in [0.25, 0.3) is 11.0 Å². The fourth-order valence-electron chi connectivity index (χ4n) is 2.88. The third-order valence-electron chi connectivity index (χ3n) is 3.88. The highest BCUT2D eigenvalue weighted by atomic mass is 32.1. The lowest BCUT2D eigenvalue weighted by atomic mass is 10.1. The van der Waals surface area contributed by atoms with Crippen molar-refractivity contribution >= 4 is 23.3 Å². The smallest absolute Gasteiger partial charge is 0.178 e. The second-order valence-electron chi connectivity index (χ2n) is 5.77. The van der Waals surface area contributed by atoms with Crippen molar-refractivity contribution in [3.63, 3.8) is 0 Å². The number of aromatic nitrogens is 2. The Balaban J connectivity index is 2.01. The summed E-state index contributed by atoms with van der Waals surface area (Å²) in [5.41, 5.74) is 5.21. The Morgan fingerprint density at radius 1 is 1.35 bits per heavy atom. The molecule has 0 saturated carbocycles. The molecule has 0 bridgehead atoms. The Kier molecular flexibility index (Phi) is 3.76. The van der Waals surface area contributed by atoms with Gasteiger partial charge >= 0.3 is 0 Å². The van der Waals surface area contributed by atoms with Gasteiger partial charge < -0.3 is 9.55 Å². The van der Waals surface area contributed by atoms with Crippen LogP contribution in [0.5, 0.6) is 0 Å². The topological polar surface area (TPSA) is 24.0 Å². The summed E-state index contributed by atoms with van der Waals surface area (Å²) >= 11 is 5.45. The third kappa shape index (κ3) is 2.58. The van der Waals surface area contributed by atoms with Crippen molar-refractivity contribution < 1.29 is 0 Å². The summed E-state index contributed by atoms with van der Waals surface area (Å²) in [5, 5.41) is 0. The highest BCUT2D eigenvalue weighted by Crippen LogP contribution is 2.23. The molecule has 0 amide bonds. The number of hydrogen-bond acceptors (Lipinski definition) is 2. The highest BCUT2D eigenvalue weighted by Gasteiger charge is 2.15. The molecule has 20 heavy (non-hydrogen) atoms. The molecule has 0 atom stereocenters. The molecule has 2 heterocycles. The average Bonchev–Trinajstić information content (AvgIpc) is 2.69. The quantitative estimate of drug-likeness (QED) is 0.669. The number of allylic oxidation sites excluding steroid dienone is 1. The standard InChI is InChI=1S/C16H21N3S/c1-12(2)7-10-18-8-4-9-19-15-13(11-18)5-3-6-14(15)17-16(19)20/h3,5-7H,4,8-11H2,1-2H3,(H,17,20). The van der Waals surface area contributed by atoms with Gasteiger partial charge in [-0.15, -0.1) is 0 Å². The normalized spacial score (nSPS) is 15.9. The number of nitrogens with zero attached hydrogens (tertiary/aromatic N) is 2. The summed E-state index contributed by atoms with van der Waals surface area (Å²) in [6.07, 6.45) is 3.46. The lowest BCUT2D eigenvalue weighted by molar-refractivity contribution is 0.280. The van der Waals surface area contributed by atoms with E-state index in [-0.39, 0.29) is 0 Å². The van der Waals surface area contributed by atoms with E-state index in [1.807, 2.05) is 0 Å². The number of imidazole rings is 1. The molecule has 3 rings (SSSR count). The van der Waals surface area contributed by atoms with Crippen molar-refractivity contribution in [3.05, 3.63) is 40.2 Å². The van der Waals surface area contributed by atoms with Gasteiger partial charge in [0.15, 0.2) is 4.77 Å². The molecule has 4 heteroatoms. The van der Waals surface area contributed by atoms with E-state index in [0.29, 0.717) is 0 Å². The fourth-order valence-corrected chi connectivity index (χ4v) is 3.17. The molecule has 1 aliphatic rings. The van der Waals surface area contributed by atoms with E-state index in [0.717, 1.165) is 42.9 Å². The van der Waals surface area contributed by atoms with Gasteiger partial charge in [0, 0.05) is 26.2 Å². The van der Waals surface area contributed by atoms with Crippen LogP contribution in [0.1, 0.15) is 25.8 Å². The van der Waals surface area contributed by atoms with Gasteiger partial charge in [-0.25, -0.2) is 0 Å². The Hall–Kier alpha value is -1.39. The second-order valence-corrected chi connectivity index (χ2v) is 6.15. The summed E-state index contributed by atoms with van der Waals surface area (Å²) in [4.78, 5) is 5.84. The summed E-state index contributed by atoms with van der Waals surface area (Å²) in [6, 6.07) is 6.46. The number of para-hydroxylation sites is 1. The molecule has 0 saturated heterocycles. The monoisotopic (exact) mass is 287 g/mol. The first-order valence-corrected chi connectivity index (χ1v) is 7.62. The van der Waals surface area contributed by atoms with E-state index in [4.69, 9.17) is 12.2 Å². The Morgan fingerprint density at radius 3 is 3.00 bits per heavy atom. The average molecular weight is 287 g/mol. The molecule has 0 fully saturated rings. The third-order valence-corrected chi connectivity index (χ3v) is 4.21. The fraction of sp³-hybridized carbons (Fsp3) is 0.438. The SMILES string of the molecule is CC(C)=CCN1CCCn2c(=S)[nH]c3cccc(c32)C1. The van der Waals surface area contributed by atoms with Crippen LogP contribution in [0.3, 0.4) is 0 Å². The largest absolute Gasteiger partial charge is 0.331 e. The maximum atomic E-state index is 5.45. The Labute approximate surface area is 124 Å². The van der Waals surface area contributed by atoms with Gasteiger partial charge in [-0.2, -0.15) is 0 Å². The van der Waals surface area contributed by atoms with E-state index < -0.39 is 0 Å². The molecule has 3 nitrogen and oxygen atoms in total. The number of aryl methyl sites for hydroxylation is 1.